The van der Waals surface area contributed by atoms with E-state index in [9.17, 15) is 31.5 Å². The standard InChI is InChI=1S/C25H21F5N4O3S/c26-16-2-1-3-17(27)23(16)20-10-18(32-37-20)19-13-38-24(31-19)14-6-8-33(9-7-14)22(36)12-34-11-15(25(28,29)30)4-5-21(34)35/h1-5,11,13-14,20H,6-10,12H2. The zero-order valence-corrected chi connectivity index (χ0v) is 20.6. The maximum atomic E-state index is 14.1. The van der Waals surface area contributed by atoms with E-state index in [1.165, 1.54) is 22.3 Å². The molecular weight excluding hydrogens is 531 g/mol. The normalized spacial score (nSPS) is 18.4. The third-order valence-corrected chi connectivity index (χ3v) is 7.63. The number of pyridine rings is 1. The average Bonchev–Trinajstić information content (AvgIpc) is 3.55. The summed E-state index contributed by atoms with van der Waals surface area (Å²) < 4.78 is 67.9. The molecule has 0 N–H and O–H groups in total. The lowest BCUT2D eigenvalue weighted by atomic mass is 9.97. The maximum absolute atomic E-state index is 14.1. The summed E-state index contributed by atoms with van der Waals surface area (Å²) in [6.45, 7) is 0.258. The molecule has 1 fully saturated rings. The lowest BCUT2D eigenvalue weighted by Crippen LogP contribution is -2.41. The van der Waals surface area contributed by atoms with Crippen LogP contribution in [0.25, 0.3) is 0 Å². The zero-order valence-electron chi connectivity index (χ0n) is 19.8. The van der Waals surface area contributed by atoms with Gasteiger partial charge >= 0.3 is 6.18 Å². The Morgan fingerprint density at radius 3 is 2.50 bits per heavy atom. The molecule has 1 amide bonds. The van der Waals surface area contributed by atoms with Gasteiger partial charge in [0, 0.05) is 43.1 Å². The maximum Gasteiger partial charge on any atom is 0.417 e. The van der Waals surface area contributed by atoms with E-state index in [-0.39, 0.29) is 17.9 Å². The first kappa shape index (κ1) is 26.0. The van der Waals surface area contributed by atoms with Crippen molar-refractivity contribution in [2.75, 3.05) is 13.1 Å². The van der Waals surface area contributed by atoms with Gasteiger partial charge in [-0.1, -0.05) is 11.2 Å². The van der Waals surface area contributed by atoms with Crippen LogP contribution in [-0.2, 0) is 22.4 Å². The molecule has 1 saturated heterocycles. The Morgan fingerprint density at radius 1 is 1.11 bits per heavy atom. The molecule has 0 saturated carbocycles. The second-order valence-corrected chi connectivity index (χ2v) is 9.97. The molecule has 1 atom stereocenters. The fourth-order valence-electron chi connectivity index (χ4n) is 4.55. The summed E-state index contributed by atoms with van der Waals surface area (Å²) in [5.74, 6) is -1.79. The summed E-state index contributed by atoms with van der Waals surface area (Å²) in [6.07, 6.45) is -3.50. The van der Waals surface area contributed by atoms with Gasteiger partial charge in [-0.15, -0.1) is 11.3 Å². The van der Waals surface area contributed by atoms with Gasteiger partial charge in [0.1, 0.15) is 23.9 Å². The molecule has 5 rings (SSSR count). The van der Waals surface area contributed by atoms with Gasteiger partial charge < -0.3 is 14.3 Å². The minimum atomic E-state index is -4.62. The molecular formula is C25H21F5N4O3S. The van der Waals surface area contributed by atoms with Crippen LogP contribution in [0.2, 0.25) is 0 Å². The summed E-state index contributed by atoms with van der Waals surface area (Å²) in [5.41, 5.74) is -0.807. The van der Waals surface area contributed by atoms with Crippen molar-refractivity contribution in [1.82, 2.24) is 14.5 Å². The molecule has 2 aliphatic heterocycles. The Labute approximate surface area is 217 Å². The number of benzene rings is 1. The number of alkyl halides is 3. The lowest BCUT2D eigenvalue weighted by Gasteiger charge is -2.31. The molecule has 0 radical (unpaired) electrons. The monoisotopic (exact) mass is 552 g/mol. The van der Waals surface area contributed by atoms with E-state index >= 15 is 0 Å². The Morgan fingerprint density at radius 2 is 1.82 bits per heavy atom. The van der Waals surface area contributed by atoms with E-state index in [1.54, 1.807) is 5.38 Å². The van der Waals surface area contributed by atoms with Crippen molar-refractivity contribution in [2.45, 2.75) is 44.0 Å². The number of rotatable bonds is 5. The van der Waals surface area contributed by atoms with E-state index < -0.39 is 47.5 Å². The van der Waals surface area contributed by atoms with Crippen molar-refractivity contribution in [3.05, 3.63) is 85.7 Å². The molecule has 2 aliphatic rings. The second-order valence-electron chi connectivity index (χ2n) is 9.08. The van der Waals surface area contributed by atoms with Crippen LogP contribution < -0.4 is 5.56 Å². The molecule has 1 aromatic carbocycles. The van der Waals surface area contributed by atoms with Gasteiger partial charge in [-0.2, -0.15) is 13.2 Å². The molecule has 1 unspecified atom stereocenters. The highest BCUT2D eigenvalue weighted by molar-refractivity contribution is 7.10. The van der Waals surface area contributed by atoms with Gasteiger partial charge in [-0.3, -0.25) is 9.59 Å². The van der Waals surface area contributed by atoms with Crippen LogP contribution in [0.1, 0.15) is 53.1 Å². The van der Waals surface area contributed by atoms with E-state index in [1.807, 2.05) is 0 Å². The number of halogens is 5. The molecule has 3 aromatic rings. The van der Waals surface area contributed by atoms with Gasteiger partial charge in [0.25, 0.3) is 5.56 Å². The van der Waals surface area contributed by atoms with Crippen LogP contribution in [0.5, 0.6) is 0 Å². The largest absolute Gasteiger partial charge is 0.417 e. The molecule has 7 nitrogen and oxygen atoms in total. The Kier molecular flexibility index (Phi) is 7.03. The molecule has 13 heteroatoms. The van der Waals surface area contributed by atoms with Crippen LogP contribution in [0, 0.1) is 11.6 Å². The third-order valence-electron chi connectivity index (χ3n) is 6.62. The van der Waals surface area contributed by atoms with Gasteiger partial charge in [0.2, 0.25) is 5.91 Å². The van der Waals surface area contributed by atoms with Crippen LogP contribution in [0.15, 0.2) is 51.9 Å². The van der Waals surface area contributed by atoms with Crippen molar-refractivity contribution < 1.29 is 31.6 Å². The first-order valence-corrected chi connectivity index (χ1v) is 12.7. The smallest absolute Gasteiger partial charge is 0.387 e. The highest BCUT2D eigenvalue weighted by Crippen LogP contribution is 2.35. The van der Waals surface area contributed by atoms with Gasteiger partial charge in [0.05, 0.1) is 21.8 Å². The topological polar surface area (TPSA) is 76.8 Å². The average molecular weight is 553 g/mol. The van der Waals surface area contributed by atoms with Gasteiger partial charge in [-0.05, 0) is 31.0 Å². The highest BCUT2D eigenvalue weighted by atomic mass is 32.1. The number of thiazole rings is 1. The number of hydrogen-bond donors (Lipinski definition) is 0. The number of nitrogens with zero attached hydrogens (tertiary/aromatic N) is 4. The van der Waals surface area contributed by atoms with Gasteiger partial charge in [-0.25, -0.2) is 13.8 Å². The van der Waals surface area contributed by atoms with Crippen LogP contribution >= 0.6 is 11.3 Å². The summed E-state index contributed by atoms with van der Waals surface area (Å²) in [4.78, 5) is 36.1. The third kappa shape index (κ3) is 5.33. The molecule has 0 aliphatic carbocycles. The first-order valence-electron chi connectivity index (χ1n) is 11.8. The van der Waals surface area contributed by atoms with Crippen LogP contribution in [0.4, 0.5) is 22.0 Å². The predicted molar refractivity (Wildman–Crippen MR) is 128 cm³/mol. The minimum Gasteiger partial charge on any atom is -0.387 e. The first-order chi connectivity index (χ1) is 18.1. The number of carbonyl (C=O) groups is 1. The number of oxime groups is 1. The minimum absolute atomic E-state index is 0.0526. The number of likely N-dealkylation sites (tertiary alicyclic amines) is 1. The summed E-state index contributed by atoms with van der Waals surface area (Å²) in [6, 6.07) is 5.10. The summed E-state index contributed by atoms with van der Waals surface area (Å²) in [7, 11) is 0. The van der Waals surface area contributed by atoms with Crippen molar-refractivity contribution in [3.63, 3.8) is 0 Å². The number of piperidine rings is 1. The molecule has 38 heavy (non-hydrogen) atoms. The van der Waals surface area contributed by atoms with Gasteiger partial charge in [0.15, 0.2) is 6.10 Å². The van der Waals surface area contributed by atoms with E-state index in [0.29, 0.717) is 49.6 Å². The van der Waals surface area contributed by atoms with Crippen LogP contribution in [0.3, 0.4) is 0 Å². The highest BCUT2D eigenvalue weighted by Gasteiger charge is 2.33. The van der Waals surface area contributed by atoms with Crippen LogP contribution in [-0.4, -0.2) is 39.2 Å². The SMILES string of the molecule is O=C(Cn1cc(C(F)(F)F)ccc1=O)N1CCC(c2nc(C3=NOC(c4c(F)cccc4F)C3)cs2)CC1. The fraction of sp³-hybridized carbons (Fsp3) is 0.360. The van der Waals surface area contributed by atoms with Crippen molar-refractivity contribution >= 4 is 23.0 Å². The number of carbonyl (C=O) groups excluding carboxylic acids is 1. The van der Waals surface area contributed by atoms with Crippen molar-refractivity contribution in [2.24, 2.45) is 5.16 Å². The molecule has 4 heterocycles. The fourth-order valence-corrected chi connectivity index (χ4v) is 5.55. The predicted octanol–water partition coefficient (Wildman–Crippen LogP) is 4.87. The molecule has 0 spiro atoms. The van der Waals surface area contributed by atoms with E-state index in [0.717, 1.165) is 27.8 Å². The molecule has 200 valence electrons. The summed E-state index contributed by atoms with van der Waals surface area (Å²) in [5, 5.41) is 6.61. The Bertz CT molecular complexity index is 1420. The number of aromatic nitrogens is 2. The molecule has 2 aromatic heterocycles. The second kappa shape index (κ2) is 10.3. The quantitative estimate of drug-likeness (QED) is 0.423. The number of hydrogen-bond acceptors (Lipinski definition) is 6. The summed E-state index contributed by atoms with van der Waals surface area (Å²) >= 11 is 1.41. The molecule has 0 bridgehead atoms. The Hall–Kier alpha value is -3.61. The van der Waals surface area contributed by atoms with E-state index in [2.05, 4.69) is 10.1 Å². The van der Waals surface area contributed by atoms with Crippen molar-refractivity contribution in [3.8, 4) is 0 Å². The van der Waals surface area contributed by atoms with Crippen molar-refractivity contribution in [1.29, 1.82) is 0 Å². The Balaban J connectivity index is 1.18. The zero-order chi connectivity index (χ0) is 27.0. The lowest BCUT2D eigenvalue weighted by molar-refractivity contribution is -0.139. The number of amides is 1. The van der Waals surface area contributed by atoms with E-state index in [4.69, 9.17) is 4.84 Å².